The molecule has 0 aliphatic carbocycles. The Balaban J connectivity index is 2.31. The maximum absolute atomic E-state index is 12.2. The maximum atomic E-state index is 12.2. The van der Waals surface area contributed by atoms with Gasteiger partial charge in [0.25, 0.3) is 0 Å². The monoisotopic (exact) mass is 336 g/mol. The van der Waals surface area contributed by atoms with Crippen molar-refractivity contribution < 1.29 is 26.3 Å². The molecule has 0 unspecified atom stereocenters. The molecule has 3 nitrogen and oxygen atoms in total. The molecule has 0 aromatic heterocycles. The summed E-state index contributed by atoms with van der Waals surface area (Å²) in [6, 6.07) is 9.43. The molecule has 0 amide bonds. The van der Waals surface area contributed by atoms with Gasteiger partial charge in [0.1, 0.15) is 5.75 Å². The highest BCUT2D eigenvalue weighted by atomic mass is 35.5. The maximum Gasteiger partial charge on any atom is 0.573 e. The summed E-state index contributed by atoms with van der Waals surface area (Å²) in [6.45, 7) is 0. The van der Waals surface area contributed by atoms with E-state index in [0.29, 0.717) is 5.02 Å². The Morgan fingerprint density at radius 3 is 1.71 bits per heavy atom. The van der Waals surface area contributed by atoms with Crippen LogP contribution in [0.4, 0.5) is 13.2 Å². The van der Waals surface area contributed by atoms with Crippen LogP contribution in [-0.2, 0) is 9.84 Å². The standard InChI is InChI=1S/C13H8ClF3O3S/c14-9-1-5-11(6-2-9)21(18,19)12-7-3-10(4-8-12)20-13(15,16)17/h1-8H. The van der Waals surface area contributed by atoms with Gasteiger partial charge in [-0.25, -0.2) is 8.42 Å². The first kappa shape index (κ1) is 15.7. The van der Waals surface area contributed by atoms with Crippen LogP contribution in [0.1, 0.15) is 0 Å². The van der Waals surface area contributed by atoms with E-state index in [4.69, 9.17) is 11.6 Å². The van der Waals surface area contributed by atoms with Gasteiger partial charge in [-0.15, -0.1) is 13.2 Å². The minimum atomic E-state index is -4.82. The first-order valence-corrected chi connectivity index (χ1v) is 7.41. The topological polar surface area (TPSA) is 43.4 Å². The fourth-order valence-corrected chi connectivity index (χ4v) is 2.96. The lowest BCUT2D eigenvalue weighted by molar-refractivity contribution is -0.274. The highest BCUT2D eigenvalue weighted by Gasteiger charge is 2.31. The van der Waals surface area contributed by atoms with Crippen LogP contribution in [0.25, 0.3) is 0 Å². The van der Waals surface area contributed by atoms with Gasteiger partial charge in [0, 0.05) is 5.02 Å². The molecular weight excluding hydrogens is 329 g/mol. The average Bonchev–Trinajstić information content (AvgIpc) is 2.38. The highest BCUT2D eigenvalue weighted by Crippen LogP contribution is 2.27. The number of benzene rings is 2. The van der Waals surface area contributed by atoms with Crippen molar-refractivity contribution in [2.45, 2.75) is 16.2 Å². The second-order valence-corrected chi connectivity index (χ2v) is 6.36. The van der Waals surface area contributed by atoms with E-state index >= 15 is 0 Å². The number of ether oxygens (including phenoxy) is 1. The van der Waals surface area contributed by atoms with Crippen molar-refractivity contribution in [3.05, 3.63) is 53.6 Å². The van der Waals surface area contributed by atoms with Crippen LogP contribution >= 0.6 is 11.6 Å². The molecule has 112 valence electrons. The molecule has 0 heterocycles. The molecule has 0 saturated heterocycles. The lowest BCUT2D eigenvalue weighted by Crippen LogP contribution is -2.17. The third-order valence-electron chi connectivity index (χ3n) is 2.49. The fraction of sp³-hybridized carbons (Fsp3) is 0.0769. The van der Waals surface area contributed by atoms with Gasteiger partial charge in [-0.3, -0.25) is 0 Å². The Bertz CT molecular complexity index is 723. The third kappa shape index (κ3) is 3.89. The normalized spacial score (nSPS) is 12.2. The molecule has 0 N–H and O–H groups in total. The molecule has 2 aromatic carbocycles. The molecule has 0 radical (unpaired) electrons. The molecule has 0 aliphatic heterocycles. The Morgan fingerprint density at radius 2 is 1.29 bits per heavy atom. The Kier molecular flexibility index (Phi) is 4.15. The second kappa shape index (κ2) is 5.57. The first-order valence-electron chi connectivity index (χ1n) is 5.55. The number of halogens is 4. The summed E-state index contributed by atoms with van der Waals surface area (Å²) in [5.41, 5.74) is 0. The van der Waals surface area contributed by atoms with E-state index in [1.807, 2.05) is 0 Å². The van der Waals surface area contributed by atoms with E-state index in [0.717, 1.165) is 24.3 Å². The van der Waals surface area contributed by atoms with E-state index in [-0.39, 0.29) is 9.79 Å². The van der Waals surface area contributed by atoms with Gasteiger partial charge >= 0.3 is 6.36 Å². The Morgan fingerprint density at radius 1 is 0.857 bits per heavy atom. The Hall–Kier alpha value is -1.73. The fourth-order valence-electron chi connectivity index (χ4n) is 1.57. The van der Waals surface area contributed by atoms with Gasteiger partial charge < -0.3 is 4.74 Å². The summed E-state index contributed by atoms with van der Waals surface area (Å²) in [5.74, 6) is -0.488. The number of sulfone groups is 1. The number of rotatable bonds is 3. The van der Waals surface area contributed by atoms with Gasteiger partial charge in [-0.1, -0.05) is 11.6 Å². The van der Waals surface area contributed by atoms with Crippen molar-refractivity contribution in [1.82, 2.24) is 0 Å². The van der Waals surface area contributed by atoms with E-state index in [1.54, 1.807) is 0 Å². The van der Waals surface area contributed by atoms with Gasteiger partial charge in [0.05, 0.1) is 9.79 Å². The van der Waals surface area contributed by atoms with Crippen molar-refractivity contribution in [2.24, 2.45) is 0 Å². The van der Waals surface area contributed by atoms with Crippen LogP contribution in [0.2, 0.25) is 5.02 Å². The molecule has 0 spiro atoms. The zero-order valence-corrected chi connectivity index (χ0v) is 11.8. The van der Waals surface area contributed by atoms with E-state index in [1.165, 1.54) is 24.3 Å². The molecule has 21 heavy (non-hydrogen) atoms. The van der Waals surface area contributed by atoms with Gasteiger partial charge in [-0.05, 0) is 48.5 Å². The largest absolute Gasteiger partial charge is 0.573 e. The van der Waals surface area contributed by atoms with Crippen LogP contribution in [0.5, 0.6) is 5.75 Å². The first-order chi connectivity index (χ1) is 9.68. The minimum Gasteiger partial charge on any atom is -0.406 e. The summed E-state index contributed by atoms with van der Waals surface area (Å²) < 4.78 is 64.2. The minimum absolute atomic E-state index is 0.00334. The van der Waals surface area contributed by atoms with Gasteiger partial charge in [0.15, 0.2) is 0 Å². The van der Waals surface area contributed by atoms with Gasteiger partial charge in [-0.2, -0.15) is 0 Å². The molecular formula is C13H8ClF3O3S. The molecule has 0 aliphatic rings. The predicted molar refractivity (Wildman–Crippen MR) is 70.0 cm³/mol. The summed E-state index contributed by atoms with van der Waals surface area (Å²) in [7, 11) is -3.81. The van der Waals surface area contributed by atoms with Crippen molar-refractivity contribution in [2.75, 3.05) is 0 Å². The summed E-state index contributed by atoms with van der Waals surface area (Å²) in [6.07, 6.45) is -4.82. The second-order valence-electron chi connectivity index (χ2n) is 3.98. The smallest absolute Gasteiger partial charge is 0.406 e. The molecule has 2 rings (SSSR count). The molecule has 0 bridgehead atoms. The number of alkyl halides is 3. The van der Waals surface area contributed by atoms with Crippen LogP contribution < -0.4 is 4.74 Å². The lowest BCUT2D eigenvalue weighted by Gasteiger charge is -2.09. The zero-order valence-electron chi connectivity index (χ0n) is 10.3. The molecule has 0 fully saturated rings. The molecule has 8 heteroatoms. The van der Waals surface area contributed by atoms with Crippen LogP contribution in [-0.4, -0.2) is 14.8 Å². The molecule has 0 saturated carbocycles. The van der Waals surface area contributed by atoms with Crippen LogP contribution in [0.3, 0.4) is 0 Å². The van der Waals surface area contributed by atoms with Gasteiger partial charge in [0.2, 0.25) is 9.84 Å². The lowest BCUT2D eigenvalue weighted by atomic mass is 10.3. The van der Waals surface area contributed by atoms with Crippen LogP contribution in [0.15, 0.2) is 58.3 Å². The zero-order chi connectivity index (χ0) is 15.7. The Labute approximate surface area is 123 Å². The summed E-state index contributed by atoms with van der Waals surface area (Å²) in [5, 5.41) is 0.378. The number of hydrogen-bond acceptors (Lipinski definition) is 3. The third-order valence-corrected chi connectivity index (χ3v) is 4.53. The van der Waals surface area contributed by atoms with E-state index < -0.39 is 21.9 Å². The van der Waals surface area contributed by atoms with Crippen molar-refractivity contribution in [3.63, 3.8) is 0 Å². The predicted octanol–water partition coefficient (Wildman–Crippen LogP) is 4.07. The van der Waals surface area contributed by atoms with Crippen LogP contribution in [0, 0.1) is 0 Å². The molecule has 0 atom stereocenters. The number of hydrogen-bond donors (Lipinski definition) is 0. The van der Waals surface area contributed by atoms with Crippen molar-refractivity contribution in [1.29, 1.82) is 0 Å². The van der Waals surface area contributed by atoms with Crippen molar-refractivity contribution in [3.8, 4) is 5.75 Å². The SMILES string of the molecule is O=S(=O)(c1ccc(Cl)cc1)c1ccc(OC(F)(F)F)cc1. The average molecular weight is 337 g/mol. The quantitative estimate of drug-likeness (QED) is 0.848. The van der Waals surface area contributed by atoms with Crippen molar-refractivity contribution >= 4 is 21.4 Å². The summed E-state index contributed by atoms with van der Waals surface area (Å²) in [4.78, 5) is -0.143. The summed E-state index contributed by atoms with van der Waals surface area (Å²) >= 11 is 5.67. The van der Waals surface area contributed by atoms with E-state index in [9.17, 15) is 21.6 Å². The van der Waals surface area contributed by atoms with E-state index in [2.05, 4.69) is 4.74 Å². The highest BCUT2D eigenvalue weighted by molar-refractivity contribution is 7.91. The molecule has 2 aromatic rings.